The maximum atomic E-state index is 12.6. The molecule has 0 bridgehead atoms. The Labute approximate surface area is 185 Å². The number of amides is 1. The molecule has 32 heavy (non-hydrogen) atoms. The SMILES string of the molecule is COC(=O)c1cn(CC(=O)NCc2ccnc(OCc3ccccc3)c2)c2ccccc12. The number of pyridine rings is 1. The standard InChI is InChI=1S/C25H23N3O4/c1-31-25(30)21-15-28(22-10-6-5-9-20(21)22)16-23(29)27-14-19-11-12-26-24(13-19)32-17-18-7-3-2-4-8-18/h2-13,15H,14,16-17H2,1H3,(H,27,29). The fourth-order valence-corrected chi connectivity index (χ4v) is 3.43. The number of benzene rings is 2. The maximum Gasteiger partial charge on any atom is 0.340 e. The van der Waals surface area contributed by atoms with Crippen LogP contribution in [0, 0.1) is 0 Å². The molecule has 0 aliphatic rings. The number of hydrogen-bond donors (Lipinski definition) is 1. The molecule has 1 amide bonds. The van der Waals surface area contributed by atoms with E-state index in [4.69, 9.17) is 9.47 Å². The van der Waals surface area contributed by atoms with Crippen molar-refractivity contribution in [1.82, 2.24) is 14.9 Å². The van der Waals surface area contributed by atoms with Gasteiger partial charge in [0.2, 0.25) is 11.8 Å². The van der Waals surface area contributed by atoms with Crippen LogP contribution >= 0.6 is 0 Å². The number of nitrogens with one attached hydrogen (secondary N) is 1. The minimum Gasteiger partial charge on any atom is -0.473 e. The molecular formula is C25H23N3O4. The molecule has 0 aliphatic carbocycles. The predicted molar refractivity (Wildman–Crippen MR) is 120 cm³/mol. The van der Waals surface area contributed by atoms with Crippen LogP contribution in [0.5, 0.6) is 5.88 Å². The minimum absolute atomic E-state index is 0.0833. The second-order valence-electron chi connectivity index (χ2n) is 7.23. The van der Waals surface area contributed by atoms with Gasteiger partial charge in [0.1, 0.15) is 13.2 Å². The molecule has 7 nitrogen and oxygen atoms in total. The highest BCUT2D eigenvalue weighted by molar-refractivity contribution is 6.04. The number of carbonyl (C=O) groups excluding carboxylic acids is 2. The molecule has 0 radical (unpaired) electrons. The molecule has 7 heteroatoms. The van der Waals surface area contributed by atoms with Gasteiger partial charge in [0, 0.05) is 35.9 Å². The van der Waals surface area contributed by atoms with Gasteiger partial charge < -0.3 is 19.4 Å². The Bertz CT molecular complexity index is 1230. The van der Waals surface area contributed by atoms with E-state index in [-0.39, 0.29) is 12.5 Å². The predicted octanol–water partition coefficient (Wildman–Crippen LogP) is 3.72. The smallest absolute Gasteiger partial charge is 0.340 e. The van der Waals surface area contributed by atoms with Crippen molar-refractivity contribution in [2.24, 2.45) is 0 Å². The van der Waals surface area contributed by atoms with Crippen molar-refractivity contribution < 1.29 is 19.1 Å². The van der Waals surface area contributed by atoms with E-state index in [0.717, 1.165) is 22.0 Å². The van der Waals surface area contributed by atoms with Gasteiger partial charge in [-0.05, 0) is 23.3 Å². The van der Waals surface area contributed by atoms with Crippen molar-refractivity contribution in [2.75, 3.05) is 7.11 Å². The number of nitrogens with zero attached hydrogens (tertiary/aromatic N) is 2. The van der Waals surface area contributed by atoms with Crippen molar-refractivity contribution in [3.63, 3.8) is 0 Å². The van der Waals surface area contributed by atoms with Gasteiger partial charge in [-0.25, -0.2) is 9.78 Å². The number of rotatable bonds is 8. The molecule has 0 saturated carbocycles. The minimum atomic E-state index is -0.430. The summed E-state index contributed by atoms with van der Waals surface area (Å²) in [6.07, 6.45) is 3.31. The highest BCUT2D eigenvalue weighted by Crippen LogP contribution is 2.22. The number of para-hydroxylation sites is 1. The molecule has 2 heterocycles. The number of hydrogen-bond acceptors (Lipinski definition) is 5. The summed E-state index contributed by atoms with van der Waals surface area (Å²) < 4.78 is 12.4. The van der Waals surface area contributed by atoms with Crippen LogP contribution in [-0.2, 0) is 29.2 Å². The van der Waals surface area contributed by atoms with Gasteiger partial charge in [-0.3, -0.25) is 4.79 Å². The first kappa shape index (κ1) is 21.1. The number of ether oxygens (including phenoxy) is 2. The lowest BCUT2D eigenvalue weighted by Gasteiger charge is -2.09. The third kappa shape index (κ3) is 4.95. The number of fused-ring (bicyclic) bond motifs is 1. The van der Waals surface area contributed by atoms with Gasteiger partial charge in [-0.2, -0.15) is 0 Å². The van der Waals surface area contributed by atoms with E-state index in [0.29, 0.717) is 24.6 Å². The monoisotopic (exact) mass is 429 g/mol. The van der Waals surface area contributed by atoms with Crippen molar-refractivity contribution in [1.29, 1.82) is 0 Å². The zero-order chi connectivity index (χ0) is 22.3. The van der Waals surface area contributed by atoms with Gasteiger partial charge in [-0.1, -0.05) is 48.5 Å². The van der Waals surface area contributed by atoms with Gasteiger partial charge in [0.05, 0.1) is 12.7 Å². The highest BCUT2D eigenvalue weighted by Gasteiger charge is 2.16. The summed E-state index contributed by atoms with van der Waals surface area (Å²) in [5, 5.41) is 3.66. The molecule has 0 spiro atoms. The second-order valence-corrected chi connectivity index (χ2v) is 7.23. The molecule has 0 atom stereocenters. The fourth-order valence-electron chi connectivity index (χ4n) is 3.43. The summed E-state index contributed by atoms with van der Waals surface area (Å²) in [4.78, 5) is 28.9. The van der Waals surface area contributed by atoms with Gasteiger partial charge in [0.15, 0.2) is 0 Å². The first-order valence-corrected chi connectivity index (χ1v) is 10.2. The van der Waals surface area contributed by atoms with E-state index in [2.05, 4.69) is 10.3 Å². The molecule has 2 aromatic carbocycles. The molecule has 0 unspecified atom stereocenters. The lowest BCUT2D eigenvalue weighted by atomic mass is 10.2. The lowest BCUT2D eigenvalue weighted by Crippen LogP contribution is -2.26. The Morgan fingerprint density at radius 2 is 1.78 bits per heavy atom. The van der Waals surface area contributed by atoms with E-state index in [9.17, 15) is 9.59 Å². The summed E-state index contributed by atoms with van der Waals surface area (Å²) in [6.45, 7) is 0.846. The Morgan fingerprint density at radius 3 is 2.59 bits per heavy atom. The van der Waals surface area contributed by atoms with Crippen LogP contribution in [0.1, 0.15) is 21.5 Å². The van der Waals surface area contributed by atoms with Gasteiger partial charge in [0.25, 0.3) is 0 Å². The Hall–Kier alpha value is -4.13. The summed E-state index contributed by atoms with van der Waals surface area (Å²) in [5.74, 6) is -0.106. The van der Waals surface area contributed by atoms with Crippen LogP contribution in [-0.4, -0.2) is 28.5 Å². The quantitative estimate of drug-likeness (QED) is 0.432. The molecule has 162 valence electrons. The van der Waals surface area contributed by atoms with Crippen molar-refractivity contribution in [2.45, 2.75) is 19.7 Å². The van der Waals surface area contributed by atoms with Gasteiger partial charge in [-0.15, -0.1) is 0 Å². The zero-order valence-corrected chi connectivity index (χ0v) is 17.7. The molecule has 2 aromatic heterocycles. The summed E-state index contributed by atoms with van der Waals surface area (Å²) in [6, 6.07) is 20.9. The molecule has 4 aromatic rings. The normalized spacial score (nSPS) is 10.7. The third-order valence-electron chi connectivity index (χ3n) is 5.03. The number of esters is 1. The van der Waals surface area contributed by atoms with Crippen LogP contribution in [0.2, 0.25) is 0 Å². The molecular weight excluding hydrogens is 406 g/mol. The topological polar surface area (TPSA) is 82.5 Å². The largest absolute Gasteiger partial charge is 0.473 e. The summed E-state index contributed by atoms with van der Waals surface area (Å²) in [5.41, 5.74) is 3.16. The summed E-state index contributed by atoms with van der Waals surface area (Å²) in [7, 11) is 1.34. The van der Waals surface area contributed by atoms with Crippen molar-refractivity contribution >= 4 is 22.8 Å². The molecule has 1 N–H and O–H groups in total. The van der Waals surface area contributed by atoms with Crippen LogP contribution in [0.3, 0.4) is 0 Å². The number of methoxy groups -OCH3 is 1. The lowest BCUT2D eigenvalue weighted by molar-refractivity contribution is -0.121. The van der Waals surface area contributed by atoms with Gasteiger partial charge >= 0.3 is 5.97 Å². The van der Waals surface area contributed by atoms with Crippen molar-refractivity contribution in [3.05, 3.63) is 95.8 Å². The molecule has 0 saturated heterocycles. The Morgan fingerprint density at radius 1 is 1.00 bits per heavy atom. The Balaban J connectivity index is 1.38. The number of carbonyl (C=O) groups is 2. The first-order valence-electron chi connectivity index (χ1n) is 10.2. The second kappa shape index (κ2) is 9.78. The first-order chi connectivity index (χ1) is 15.6. The van der Waals surface area contributed by atoms with Crippen LogP contribution < -0.4 is 10.1 Å². The number of aromatic nitrogens is 2. The van der Waals surface area contributed by atoms with E-state index < -0.39 is 5.97 Å². The molecule has 4 rings (SSSR count). The van der Waals surface area contributed by atoms with E-state index in [1.54, 1.807) is 17.0 Å². The molecule has 0 fully saturated rings. The van der Waals surface area contributed by atoms with Crippen molar-refractivity contribution in [3.8, 4) is 5.88 Å². The average Bonchev–Trinajstić information content (AvgIpc) is 3.20. The average molecular weight is 429 g/mol. The third-order valence-corrected chi connectivity index (χ3v) is 5.03. The van der Waals surface area contributed by atoms with E-state index in [1.165, 1.54) is 7.11 Å². The zero-order valence-electron chi connectivity index (χ0n) is 17.7. The van der Waals surface area contributed by atoms with E-state index >= 15 is 0 Å². The van der Waals surface area contributed by atoms with Crippen LogP contribution in [0.15, 0.2) is 79.1 Å². The van der Waals surface area contributed by atoms with Crippen LogP contribution in [0.4, 0.5) is 0 Å². The Kier molecular flexibility index (Phi) is 6.46. The highest BCUT2D eigenvalue weighted by atomic mass is 16.5. The molecule has 0 aliphatic heterocycles. The maximum absolute atomic E-state index is 12.6. The van der Waals surface area contributed by atoms with Crippen LogP contribution in [0.25, 0.3) is 10.9 Å². The fraction of sp³-hybridized carbons (Fsp3) is 0.160. The summed E-state index contributed by atoms with van der Waals surface area (Å²) >= 11 is 0. The van der Waals surface area contributed by atoms with E-state index in [1.807, 2.05) is 66.7 Å².